The number of hydrogen-bond donors (Lipinski definition) is 1. The summed E-state index contributed by atoms with van der Waals surface area (Å²) in [7, 11) is 0. The van der Waals surface area contributed by atoms with Gasteiger partial charge in [0.2, 0.25) is 0 Å². The molecule has 1 aliphatic rings. The number of esters is 1. The van der Waals surface area contributed by atoms with Crippen LogP contribution in [0.4, 0.5) is 0 Å². The molecule has 1 aliphatic heterocycles. The molecule has 0 spiro atoms. The first-order valence-corrected chi connectivity index (χ1v) is 8.10. The molecule has 0 saturated carbocycles. The van der Waals surface area contributed by atoms with Gasteiger partial charge in [0.15, 0.2) is 6.29 Å². The number of rotatable bonds is 8. The van der Waals surface area contributed by atoms with Gasteiger partial charge >= 0.3 is 5.97 Å². The fourth-order valence-electron chi connectivity index (χ4n) is 2.75. The van der Waals surface area contributed by atoms with Gasteiger partial charge in [-0.15, -0.1) is 0 Å². The van der Waals surface area contributed by atoms with Gasteiger partial charge in [-0.3, -0.25) is 4.79 Å². The molecule has 5 unspecified atom stereocenters. The third-order valence-corrected chi connectivity index (χ3v) is 3.71. The van der Waals surface area contributed by atoms with Crippen LogP contribution in [0.25, 0.3) is 0 Å². The van der Waals surface area contributed by atoms with E-state index in [2.05, 4.69) is 6.92 Å². The fourth-order valence-corrected chi connectivity index (χ4v) is 2.75. The van der Waals surface area contributed by atoms with Crippen LogP contribution in [0.3, 0.4) is 0 Å². The van der Waals surface area contributed by atoms with E-state index in [0.717, 1.165) is 19.3 Å². The third-order valence-electron chi connectivity index (χ3n) is 3.71. The lowest BCUT2D eigenvalue weighted by molar-refractivity contribution is -0.245. The van der Waals surface area contributed by atoms with Crippen molar-refractivity contribution in [3.63, 3.8) is 0 Å². The maximum Gasteiger partial charge on any atom is 0.302 e. The molecule has 1 heterocycles. The summed E-state index contributed by atoms with van der Waals surface area (Å²) >= 11 is 0. The Bertz CT molecular complexity index is 307. The Labute approximate surface area is 128 Å². The van der Waals surface area contributed by atoms with Crippen molar-refractivity contribution in [1.82, 2.24) is 0 Å². The largest absolute Gasteiger partial charge is 0.462 e. The Hall–Kier alpha value is -0.650. The van der Waals surface area contributed by atoms with Crippen molar-refractivity contribution >= 4 is 5.97 Å². The molecule has 1 N–H and O–H groups in total. The summed E-state index contributed by atoms with van der Waals surface area (Å²) in [4.78, 5) is 11.0. The zero-order valence-corrected chi connectivity index (χ0v) is 13.7. The summed E-state index contributed by atoms with van der Waals surface area (Å²) in [5.74, 6) is -0.298. The molecule has 5 atom stereocenters. The first-order valence-electron chi connectivity index (χ1n) is 8.10. The van der Waals surface area contributed by atoms with Gasteiger partial charge in [0.1, 0.15) is 6.10 Å². The van der Waals surface area contributed by atoms with E-state index >= 15 is 0 Å². The maximum absolute atomic E-state index is 11.0. The summed E-state index contributed by atoms with van der Waals surface area (Å²) in [5, 5.41) is 10.2. The van der Waals surface area contributed by atoms with Crippen molar-refractivity contribution in [3.8, 4) is 0 Å². The predicted octanol–water partition coefficient (Wildman–Crippen LogP) is 2.79. The molecule has 21 heavy (non-hydrogen) atoms. The number of carbonyl (C=O) groups is 1. The van der Waals surface area contributed by atoms with Crippen molar-refractivity contribution < 1.29 is 24.1 Å². The Morgan fingerprint density at radius 3 is 2.67 bits per heavy atom. The molecular weight excluding hydrogens is 272 g/mol. The van der Waals surface area contributed by atoms with E-state index in [0.29, 0.717) is 19.3 Å². The Morgan fingerprint density at radius 2 is 2.10 bits per heavy atom. The van der Waals surface area contributed by atoms with Crippen LogP contribution < -0.4 is 0 Å². The first-order chi connectivity index (χ1) is 9.94. The second-order valence-electron chi connectivity index (χ2n) is 5.92. The summed E-state index contributed by atoms with van der Waals surface area (Å²) in [6.45, 7) is 7.48. The average molecular weight is 302 g/mol. The molecule has 5 nitrogen and oxygen atoms in total. The number of carbonyl (C=O) groups excluding carboxylic acids is 1. The van der Waals surface area contributed by atoms with Crippen LogP contribution in [0.5, 0.6) is 0 Å². The highest BCUT2D eigenvalue weighted by Crippen LogP contribution is 2.25. The predicted molar refractivity (Wildman–Crippen MR) is 79.8 cm³/mol. The van der Waals surface area contributed by atoms with Crippen molar-refractivity contribution in [1.29, 1.82) is 0 Å². The normalized spacial score (nSPS) is 28.9. The Kier molecular flexibility index (Phi) is 8.22. The quantitative estimate of drug-likeness (QED) is 0.698. The Morgan fingerprint density at radius 1 is 1.38 bits per heavy atom. The van der Waals surface area contributed by atoms with E-state index in [9.17, 15) is 9.90 Å². The number of aliphatic hydroxyl groups is 1. The minimum absolute atomic E-state index is 0.00938. The number of aliphatic hydroxyl groups excluding tert-OH is 1. The molecule has 1 saturated heterocycles. The van der Waals surface area contributed by atoms with E-state index in [-0.39, 0.29) is 30.6 Å². The summed E-state index contributed by atoms with van der Waals surface area (Å²) in [6, 6.07) is 0. The highest BCUT2D eigenvalue weighted by Gasteiger charge is 2.29. The molecule has 1 fully saturated rings. The Balaban J connectivity index is 2.41. The fraction of sp³-hybridized carbons (Fsp3) is 0.938. The summed E-state index contributed by atoms with van der Waals surface area (Å²) in [6.07, 6.45) is 3.67. The molecular formula is C16H30O5. The highest BCUT2D eigenvalue weighted by atomic mass is 16.7. The van der Waals surface area contributed by atoms with Gasteiger partial charge in [-0.2, -0.15) is 0 Å². The van der Waals surface area contributed by atoms with E-state index in [1.165, 1.54) is 6.92 Å². The second-order valence-corrected chi connectivity index (χ2v) is 5.92. The van der Waals surface area contributed by atoms with E-state index in [4.69, 9.17) is 14.2 Å². The van der Waals surface area contributed by atoms with Crippen LogP contribution in [0.15, 0.2) is 0 Å². The lowest BCUT2D eigenvalue weighted by atomic mass is 10.00. The molecule has 0 aromatic rings. The smallest absolute Gasteiger partial charge is 0.302 e. The van der Waals surface area contributed by atoms with Crippen molar-refractivity contribution in [2.75, 3.05) is 0 Å². The molecule has 0 amide bonds. The van der Waals surface area contributed by atoms with Gasteiger partial charge in [-0.25, -0.2) is 0 Å². The maximum atomic E-state index is 11.0. The molecule has 5 heteroatoms. The molecule has 0 aliphatic carbocycles. The topological polar surface area (TPSA) is 65.0 Å². The third kappa shape index (κ3) is 7.25. The summed E-state index contributed by atoms with van der Waals surface area (Å²) in [5.41, 5.74) is 0. The SMILES string of the molecule is CCCC1OC(C)CC(CC(O)CC(CC)OC(C)=O)O1. The lowest BCUT2D eigenvalue weighted by Crippen LogP contribution is -2.39. The minimum Gasteiger partial charge on any atom is -0.462 e. The van der Waals surface area contributed by atoms with Gasteiger partial charge in [0, 0.05) is 13.3 Å². The van der Waals surface area contributed by atoms with Crippen LogP contribution in [-0.4, -0.2) is 41.8 Å². The minimum atomic E-state index is -0.521. The van der Waals surface area contributed by atoms with Crippen LogP contribution in [-0.2, 0) is 19.0 Å². The van der Waals surface area contributed by atoms with E-state index in [1.54, 1.807) is 0 Å². The zero-order chi connectivity index (χ0) is 15.8. The van der Waals surface area contributed by atoms with Gasteiger partial charge < -0.3 is 19.3 Å². The highest BCUT2D eigenvalue weighted by molar-refractivity contribution is 5.66. The van der Waals surface area contributed by atoms with E-state index in [1.807, 2.05) is 13.8 Å². The second kappa shape index (κ2) is 9.38. The van der Waals surface area contributed by atoms with Crippen LogP contribution in [0.2, 0.25) is 0 Å². The van der Waals surface area contributed by atoms with Crippen molar-refractivity contribution in [2.45, 2.75) is 96.9 Å². The molecule has 1 rings (SSSR count). The molecule has 0 bridgehead atoms. The standard InChI is InChI=1S/C16H30O5/c1-5-7-16-19-11(3)8-15(21-16)10-13(18)9-14(6-2)20-12(4)17/h11,13-16,18H,5-10H2,1-4H3. The zero-order valence-electron chi connectivity index (χ0n) is 13.7. The molecule has 0 aromatic carbocycles. The lowest BCUT2D eigenvalue weighted by Gasteiger charge is -2.35. The van der Waals surface area contributed by atoms with Crippen molar-refractivity contribution in [3.05, 3.63) is 0 Å². The number of hydrogen-bond acceptors (Lipinski definition) is 5. The first kappa shape index (κ1) is 18.4. The summed E-state index contributed by atoms with van der Waals surface area (Å²) < 4.78 is 16.8. The van der Waals surface area contributed by atoms with Gasteiger partial charge in [-0.05, 0) is 32.6 Å². The molecule has 0 aromatic heterocycles. The van der Waals surface area contributed by atoms with Crippen molar-refractivity contribution in [2.24, 2.45) is 0 Å². The average Bonchev–Trinajstić information content (AvgIpc) is 2.36. The molecule has 0 radical (unpaired) electrons. The van der Waals surface area contributed by atoms with Crippen LogP contribution in [0, 0.1) is 0 Å². The van der Waals surface area contributed by atoms with Gasteiger partial charge in [-0.1, -0.05) is 20.3 Å². The monoisotopic (exact) mass is 302 g/mol. The number of ether oxygens (including phenoxy) is 3. The van der Waals surface area contributed by atoms with Gasteiger partial charge in [0.25, 0.3) is 0 Å². The van der Waals surface area contributed by atoms with Gasteiger partial charge in [0.05, 0.1) is 18.3 Å². The molecule has 124 valence electrons. The van der Waals surface area contributed by atoms with Crippen LogP contribution >= 0.6 is 0 Å². The van der Waals surface area contributed by atoms with Crippen LogP contribution in [0.1, 0.15) is 66.2 Å². The van der Waals surface area contributed by atoms with E-state index < -0.39 is 6.10 Å².